The minimum atomic E-state index is 0.488. The summed E-state index contributed by atoms with van der Waals surface area (Å²) in [5, 5.41) is 0.979. The molecule has 15 heavy (non-hydrogen) atoms. The predicted molar refractivity (Wildman–Crippen MR) is 69.5 cm³/mol. The van der Waals surface area contributed by atoms with Crippen molar-refractivity contribution in [2.24, 2.45) is 0 Å². The molecule has 0 bridgehead atoms. The monoisotopic (exact) mass is 301 g/mol. The van der Waals surface area contributed by atoms with Crippen molar-refractivity contribution in [3.63, 3.8) is 0 Å². The van der Waals surface area contributed by atoms with E-state index in [-0.39, 0.29) is 0 Å². The van der Waals surface area contributed by atoms with Gasteiger partial charge in [0.15, 0.2) is 0 Å². The largest absolute Gasteiger partial charge is 0.245 e. The van der Waals surface area contributed by atoms with E-state index in [9.17, 15) is 0 Å². The highest BCUT2D eigenvalue weighted by atomic mass is 79.9. The van der Waals surface area contributed by atoms with Crippen LogP contribution in [-0.2, 0) is 5.88 Å². The second kappa shape index (κ2) is 4.64. The van der Waals surface area contributed by atoms with Gasteiger partial charge in [-0.05, 0) is 24.6 Å². The van der Waals surface area contributed by atoms with Crippen molar-refractivity contribution in [1.82, 2.24) is 4.98 Å². The first kappa shape index (κ1) is 11.1. The number of hydrogen-bond acceptors (Lipinski definition) is 2. The normalized spacial score (nSPS) is 10.6. The van der Waals surface area contributed by atoms with Crippen LogP contribution in [0.25, 0.3) is 10.4 Å². The Hall–Kier alpha value is -0.380. The van der Waals surface area contributed by atoms with Crippen molar-refractivity contribution < 1.29 is 0 Å². The zero-order chi connectivity index (χ0) is 10.8. The number of benzene rings is 1. The molecular weight excluding hydrogens is 294 g/mol. The molecule has 0 radical (unpaired) electrons. The van der Waals surface area contributed by atoms with Crippen molar-refractivity contribution in [1.29, 1.82) is 0 Å². The summed E-state index contributed by atoms with van der Waals surface area (Å²) in [6.45, 7) is 2.02. The Bertz CT molecular complexity index is 464. The van der Waals surface area contributed by atoms with E-state index in [4.69, 9.17) is 11.6 Å². The Labute approximate surface area is 106 Å². The molecule has 0 atom stereocenters. The van der Waals surface area contributed by atoms with Crippen molar-refractivity contribution in [2.45, 2.75) is 12.8 Å². The van der Waals surface area contributed by atoms with E-state index in [0.717, 1.165) is 15.2 Å². The maximum atomic E-state index is 5.77. The number of alkyl halides is 1. The SMILES string of the molecule is Cc1nc(CCl)sc1-c1ccc(Br)cc1. The quantitative estimate of drug-likeness (QED) is 0.738. The molecule has 78 valence electrons. The van der Waals surface area contributed by atoms with Gasteiger partial charge in [0.2, 0.25) is 0 Å². The molecule has 1 aromatic heterocycles. The van der Waals surface area contributed by atoms with Crippen LogP contribution >= 0.6 is 38.9 Å². The highest BCUT2D eigenvalue weighted by molar-refractivity contribution is 9.10. The molecule has 1 heterocycles. The summed E-state index contributed by atoms with van der Waals surface area (Å²) in [4.78, 5) is 5.61. The Balaban J connectivity index is 2.44. The minimum absolute atomic E-state index is 0.488. The number of hydrogen-bond donors (Lipinski definition) is 0. The van der Waals surface area contributed by atoms with Crippen LogP contribution < -0.4 is 0 Å². The van der Waals surface area contributed by atoms with E-state index < -0.39 is 0 Å². The summed E-state index contributed by atoms with van der Waals surface area (Å²) in [7, 11) is 0. The number of nitrogens with zero attached hydrogens (tertiary/aromatic N) is 1. The fourth-order valence-corrected chi connectivity index (χ4v) is 2.79. The molecule has 2 aromatic rings. The Morgan fingerprint density at radius 1 is 1.33 bits per heavy atom. The van der Waals surface area contributed by atoms with Crippen molar-refractivity contribution >= 4 is 38.9 Å². The molecule has 0 aliphatic heterocycles. The van der Waals surface area contributed by atoms with Gasteiger partial charge < -0.3 is 0 Å². The van der Waals surface area contributed by atoms with E-state index in [0.29, 0.717) is 5.88 Å². The second-order valence-electron chi connectivity index (χ2n) is 3.16. The third-order valence-corrected chi connectivity index (χ3v) is 4.21. The predicted octanol–water partition coefficient (Wildman–Crippen LogP) is 4.62. The van der Waals surface area contributed by atoms with Crippen LogP contribution in [0, 0.1) is 6.92 Å². The molecule has 2 rings (SSSR count). The van der Waals surface area contributed by atoms with Gasteiger partial charge in [-0.2, -0.15) is 0 Å². The Morgan fingerprint density at radius 3 is 2.53 bits per heavy atom. The van der Waals surface area contributed by atoms with Crippen LogP contribution in [0.2, 0.25) is 0 Å². The summed E-state index contributed by atoms with van der Waals surface area (Å²) >= 11 is 10.8. The molecule has 0 N–H and O–H groups in total. The maximum Gasteiger partial charge on any atom is 0.108 e. The van der Waals surface area contributed by atoms with E-state index in [1.807, 2.05) is 19.1 Å². The molecule has 0 unspecified atom stereocenters. The zero-order valence-electron chi connectivity index (χ0n) is 8.13. The molecule has 0 spiro atoms. The zero-order valence-corrected chi connectivity index (χ0v) is 11.3. The lowest BCUT2D eigenvalue weighted by Gasteiger charge is -1.98. The molecule has 0 saturated carbocycles. The molecule has 1 aromatic carbocycles. The first-order valence-corrected chi connectivity index (χ1v) is 6.63. The van der Waals surface area contributed by atoms with E-state index >= 15 is 0 Å². The van der Waals surface area contributed by atoms with E-state index in [2.05, 4.69) is 33.0 Å². The molecule has 0 amide bonds. The average molecular weight is 303 g/mol. The standard InChI is InChI=1S/C11H9BrClNS/c1-7-11(15-10(6-13)14-7)8-2-4-9(12)5-3-8/h2-5H,6H2,1H3. The average Bonchev–Trinajstić information content (AvgIpc) is 2.61. The van der Waals surface area contributed by atoms with Gasteiger partial charge in [-0.1, -0.05) is 28.1 Å². The number of aromatic nitrogens is 1. The lowest BCUT2D eigenvalue weighted by molar-refractivity contribution is 1.18. The van der Waals surface area contributed by atoms with Gasteiger partial charge in [0.1, 0.15) is 5.01 Å². The van der Waals surface area contributed by atoms with E-state index in [1.165, 1.54) is 10.4 Å². The fraction of sp³-hybridized carbons (Fsp3) is 0.182. The topological polar surface area (TPSA) is 12.9 Å². The Kier molecular flexibility index (Phi) is 3.44. The Morgan fingerprint density at radius 2 is 2.00 bits per heavy atom. The molecule has 0 aliphatic carbocycles. The molecule has 1 nitrogen and oxygen atoms in total. The van der Waals surface area contributed by atoms with Gasteiger partial charge in [-0.15, -0.1) is 22.9 Å². The molecule has 0 saturated heterocycles. The van der Waals surface area contributed by atoms with Crippen molar-refractivity contribution in [3.05, 3.63) is 39.4 Å². The summed E-state index contributed by atoms with van der Waals surface area (Å²) in [5.41, 5.74) is 2.25. The second-order valence-corrected chi connectivity index (χ2v) is 5.43. The van der Waals surface area contributed by atoms with Gasteiger partial charge in [0.05, 0.1) is 16.5 Å². The summed E-state index contributed by atoms with van der Waals surface area (Å²) < 4.78 is 1.09. The number of halogens is 2. The highest BCUT2D eigenvalue weighted by Gasteiger charge is 2.08. The van der Waals surface area contributed by atoms with E-state index in [1.54, 1.807) is 11.3 Å². The molecule has 0 aliphatic rings. The van der Waals surface area contributed by atoms with Crippen LogP contribution in [-0.4, -0.2) is 4.98 Å². The van der Waals surface area contributed by atoms with Gasteiger partial charge >= 0.3 is 0 Å². The van der Waals surface area contributed by atoms with Crippen LogP contribution in [0.3, 0.4) is 0 Å². The van der Waals surface area contributed by atoms with Crippen molar-refractivity contribution in [3.8, 4) is 10.4 Å². The van der Waals surface area contributed by atoms with Crippen LogP contribution in [0.15, 0.2) is 28.7 Å². The van der Waals surface area contributed by atoms with Crippen LogP contribution in [0.4, 0.5) is 0 Å². The molecular formula is C11H9BrClNS. The number of thiazole rings is 1. The number of aryl methyl sites for hydroxylation is 1. The fourth-order valence-electron chi connectivity index (χ4n) is 1.38. The molecule has 4 heteroatoms. The third kappa shape index (κ3) is 2.41. The number of rotatable bonds is 2. The first-order chi connectivity index (χ1) is 7.20. The first-order valence-electron chi connectivity index (χ1n) is 4.49. The smallest absolute Gasteiger partial charge is 0.108 e. The van der Waals surface area contributed by atoms with Gasteiger partial charge in [0.25, 0.3) is 0 Å². The summed E-state index contributed by atoms with van der Waals surface area (Å²) in [6, 6.07) is 8.24. The third-order valence-electron chi connectivity index (χ3n) is 2.06. The highest BCUT2D eigenvalue weighted by Crippen LogP contribution is 2.31. The van der Waals surface area contributed by atoms with Gasteiger partial charge in [-0.25, -0.2) is 4.98 Å². The lowest BCUT2D eigenvalue weighted by Crippen LogP contribution is -1.78. The molecule has 0 fully saturated rings. The van der Waals surface area contributed by atoms with Gasteiger partial charge in [0, 0.05) is 4.47 Å². The summed E-state index contributed by atoms with van der Waals surface area (Å²) in [6.07, 6.45) is 0. The van der Waals surface area contributed by atoms with Crippen LogP contribution in [0.1, 0.15) is 10.7 Å². The lowest BCUT2D eigenvalue weighted by atomic mass is 10.2. The van der Waals surface area contributed by atoms with Gasteiger partial charge in [-0.3, -0.25) is 0 Å². The maximum absolute atomic E-state index is 5.77. The summed E-state index contributed by atoms with van der Waals surface area (Å²) in [5.74, 6) is 0.488. The van der Waals surface area contributed by atoms with Crippen molar-refractivity contribution in [2.75, 3.05) is 0 Å². The minimum Gasteiger partial charge on any atom is -0.245 e. The van der Waals surface area contributed by atoms with Crippen LogP contribution in [0.5, 0.6) is 0 Å².